The van der Waals surface area contributed by atoms with Gasteiger partial charge < -0.3 is 14.6 Å². The van der Waals surface area contributed by atoms with Crippen LogP contribution in [0.4, 0.5) is 5.13 Å². The number of ketones is 1. The van der Waals surface area contributed by atoms with Gasteiger partial charge in [0, 0.05) is 16.3 Å². The van der Waals surface area contributed by atoms with Crippen LogP contribution < -0.4 is 14.4 Å². The van der Waals surface area contributed by atoms with E-state index in [1.807, 2.05) is 24.3 Å². The fourth-order valence-electron chi connectivity index (χ4n) is 4.15. The maximum Gasteiger partial charge on any atom is 0.301 e. The van der Waals surface area contributed by atoms with Crippen LogP contribution in [-0.4, -0.2) is 41.2 Å². The second-order valence-corrected chi connectivity index (χ2v) is 11.1. The summed E-state index contributed by atoms with van der Waals surface area (Å²) in [5, 5.41) is 20.7. The number of aliphatic hydroxyl groups is 1. The Morgan fingerprint density at radius 2 is 1.72 bits per heavy atom. The van der Waals surface area contributed by atoms with E-state index in [0.29, 0.717) is 37.7 Å². The van der Waals surface area contributed by atoms with Gasteiger partial charge in [0.15, 0.2) is 4.34 Å². The van der Waals surface area contributed by atoms with E-state index in [2.05, 4.69) is 10.2 Å². The van der Waals surface area contributed by atoms with Crippen molar-refractivity contribution in [2.75, 3.05) is 19.1 Å². The quantitative estimate of drug-likeness (QED) is 0.0875. The number of hydrogen-bond acceptors (Lipinski definition) is 9. The molecule has 0 bridgehead atoms. The molecule has 39 heavy (non-hydrogen) atoms. The van der Waals surface area contributed by atoms with Crippen LogP contribution in [0.2, 0.25) is 5.02 Å². The minimum atomic E-state index is -0.940. The van der Waals surface area contributed by atoms with Gasteiger partial charge in [-0.1, -0.05) is 59.0 Å². The summed E-state index contributed by atoms with van der Waals surface area (Å²) in [5.74, 6) is -0.160. The molecule has 1 aromatic heterocycles. The Balaban J connectivity index is 1.54. The van der Waals surface area contributed by atoms with Crippen LogP contribution in [0.3, 0.4) is 0 Å². The van der Waals surface area contributed by atoms with Gasteiger partial charge in [0.05, 0.1) is 25.8 Å². The van der Waals surface area contributed by atoms with Crippen LogP contribution in [0, 0.1) is 0 Å². The first-order chi connectivity index (χ1) is 18.9. The predicted molar refractivity (Wildman–Crippen MR) is 152 cm³/mol. The lowest BCUT2D eigenvalue weighted by molar-refractivity contribution is -0.132. The zero-order valence-electron chi connectivity index (χ0n) is 20.8. The lowest BCUT2D eigenvalue weighted by atomic mass is 9.95. The van der Waals surface area contributed by atoms with Crippen molar-refractivity contribution in [3.63, 3.8) is 0 Å². The van der Waals surface area contributed by atoms with Crippen LogP contribution >= 0.6 is 34.7 Å². The van der Waals surface area contributed by atoms with Crippen LogP contribution in [0.5, 0.6) is 11.5 Å². The van der Waals surface area contributed by atoms with E-state index in [0.717, 1.165) is 5.56 Å². The SMILES string of the molecule is COc1ccc(/C(O)=C2/C(=O)C(=O)N(c3nnc(SCc4ccc(Cl)cc4)s3)C2c2cccc(OC)c2)cc1. The van der Waals surface area contributed by atoms with Crippen molar-refractivity contribution in [3.05, 3.63) is 100 Å². The highest BCUT2D eigenvalue weighted by Gasteiger charge is 2.48. The molecule has 1 aliphatic heterocycles. The number of amides is 1. The number of thioether (sulfide) groups is 1. The summed E-state index contributed by atoms with van der Waals surface area (Å²) >= 11 is 8.63. The topological polar surface area (TPSA) is 102 Å². The molecular weight excluding hydrogens is 558 g/mol. The first-order valence-electron chi connectivity index (χ1n) is 11.7. The van der Waals surface area contributed by atoms with Gasteiger partial charge in [0.25, 0.3) is 5.78 Å². The van der Waals surface area contributed by atoms with E-state index in [9.17, 15) is 14.7 Å². The average molecular weight is 580 g/mol. The van der Waals surface area contributed by atoms with Crippen molar-refractivity contribution < 1.29 is 24.2 Å². The largest absolute Gasteiger partial charge is 0.507 e. The van der Waals surface area contributed by atoms with E-state index < -0.39 is 17.7 Å². The second-order valence-electron chi connectivity index (χ2n) is 8.44. The minimum Gasteiger partial charge on any atom is -0.507 e. The van der Waals surface area contributed by atoms with Crippen molar-refractivity contribution in [2.24, 2.45) is 0 Å². The molecule has 0 aliphatic carbocycles. The Morgan fingerprint density at radius 3 is 2.41 bits per heavy atom. The number of nitrogens with zero attached hydrogens (tertiary/aromatic N) is 3. The number of ether oxygens (including phenoxy) is 2. The first-order valence-corrected chi connectivity index (χ1v) is 13.9. The van der Waals surface area contributed by atoms with Gasteiger partial charge in [0.1, 0.15) is 17.3 Å². The standard InChI is InChI=1S/C28H22ClN3O5S2/c1-36-20-12-8-17(9-13-20)24(33)22-23(18-4-3-5-21(14-18)37-2)32(26(35)25(22)34)27-30-31-28(39-27)38-15-16-6-10-19(29)11-7-16/h3-14,23,33H,15H2,1-2H3/b24-22-. The summed E-state index contributed by atoms with van der Waals surface area (Å²) in [6.45, 7) is 0. The highest BCUT2D eigenvalue weighted by molar-refractivity contribution is 8.00. The van der Waals surface area contributed by atoms with E-state index in [-0.39, 0.29) is 16.5 Å². The molecule has 0 spiro atoms. The molecule has 0 radical (unpaired) electrons. The van der Waals surface area contributed by atoms with Crippen LogP contribution in [0.15, 0.2) is 82.7 Å². The zero-order chi connectivity index (χ0) is 27.5. The second kappa shape index (κ2) is 11.5. The summed E-state index contributed by atoms with van der Waals surface area (Å²) in [6.07, 6.45) is 0. The number of hydrogen-bond donors (Lipinski definition) is 1. The number of aliphatic hydroxyl groups excluding tert-OH is 1. The van der Waals surface area contributed by atoms with Gasteiger partial charge in [-0.05, 0) is 59.7 Å². The van der Waals surface area contributed by atoms with Crippen molar-refractivity contribution in [1.29, 1.82) is 0 Å². The van der Waals surface area contributed by atoms with E-state index in [1.54, 1.807) is 48.5 Å². The number of carbonyl (C=O) groups is 2. The average Bonchev–Trinajstić information content (AvgIpc) is 3.54. The monoisotopic (exact) mass is 579 g/mol. The number of aromatic nitrogens is 2. The Bertz CT molecular complexity index is 1550. The molecule has 1 N–H and O–H groups in total. The normalized spacial score (nSPS) is 16.5. The van der Waals surface area contributed by atoms with E-state index in [1.165, 1.54) is 42.2 Å². The first kappa shape index (κ1) is 26.7. The third-order valence-corrected chi connectivity index (χ3v) is 8.47. The minimum absolute atomic E-state index is 0.0519. The molecule has 2 heterocycles. The van der Waals surface area contributed by atoms with Crippen molar-refractivity contribution >= 4 is 57.3 Å². The molecule has 1 atom stereocenters. The number of benzene rings is 3. The Hall–Kier alpha value is -3.86. The number of anilines is 1. The maximum atomic E-state index is 13.4. The third-order valence-electron chi connectivity index (χ3n) is 6.09. The molecule has 0 saturated carbocycles. The van der Waals surface area contributed by atoms with Gasteiger partial charge in [-0.3, -0.25) is 14.5 Å². The van der Waals surface area contributed by atoms with Crippen LogP contribution in [0.1, 0.15) is 22.7 Å². The Labute approximate surface area is 237 Å². The number of halogens is 1. The van der Waals surface area contributed by atoms with Crippen molar-refractivity contribution in [2.45, 2.75) is 16.1 Å². The van der Waals surface area contributed by atoms with Crippen molar-refractivity contribution in [3.8, 4) is 11.5 Å². The maximum absolute atomic E-state index is 13.4. The molecule has 8 nitrogen and oxygen atoms in total. The van der Waals surface area contributed by atoms with Crippen LogP contribution in [-0.2, 0) is 15.3 Å². The van der Waals surface area contributed by atoms with E-state index in [4.69, 9.17) is 21.1 Å². The molecular formula is C28H22ClN3O5S2. The van der Waals surface area contributed by atoms with Gasteiger partial charge in [0.2, 0.25) is 5.13 Å². The van der Waals surface area contributed by atoms with Crippen molar-refractivity contribution in [1.82, 2.24) is 10.2 Å². The van der Waals surface area contributed by atoms with E-state index >= 15 is 0 Å². The highest BCUT2D eigenvalue weighted by Crippen LogP contribution is 2.44. The molecule has 5 rings (SSSR count). The molecule has 198 valence electrons. The molecule has 1 amide bonds. The third kappa shape index (κ3) is 5.49. The predicted octanol–water partition coefficient (Wildman–Crippen LogP) is 6.13. The molecule has 1 fully saturated rings. The fourth-order valence-corrected chi connectivity index (χ4v) is 6.09. The molecule has 11 heteroatoms. The number of methoxy groups -OCH3 is 2. The fraction of sp³-hybridized carbons (Fsp3) is 0.143. The summed E-state index contributed by atoms with van der Waals surface area (Å²) in [5.41, 5.74) is 1.95. The van der Waals surface area contributed by atoms with Gasteiger partial charge in [-0.25, -0.2) is 0 Å². The van der Waals surface area contributed by atoms with Gasteiger partial charge in [-0.15, -0.1) is 10.2 Å². The zero-order valence-corrected chi connectivity index (χ0v) is 23.2. The molecule has 1 aliphatic rings. The lowest BCUT2D eigenvalue weighted by Gasteiger charge is -2.23. The smallest absolute Gasteiger partial charge is 0.301 e. The molecule has 3 aromatic carbocycles. The highest BCUT2D eigenvalue weighted by atomic mass is 35.5. The lowest BCUT2D eigenvalue weighted by Crippen LogP contribution is -2.29. The summed E-state index contributed by atoms with van der Waals surface area (Å²) in [7, 11) is 3.07. The Morgan fingerprint density at radius 1 is 1.00 bits per heavy atom. The molecule has 4 aromatic rings. The van der Waals surface area contributed by atoms with Crippen LogP contribution in [0.25, 0.3) is 5.76 Å². The Kier molecular flexibility index (Phi) is 7.87. The number of Topliss-reactive ketones (excluding diaryl/α,β-unsaturated/α-hetero) is 1. The summed E-state index contributed by atoms with van der Waals surface area (Å²) < 4.78 is 11.2. The van der Waals surface area contributed by atoms with Gasteiger partial charge in [-0.2, -0.15) is 0 Å². The number of rotatable bonds is 8. The summed E-state index contributed by atoms with van der Waals surface area (Å²) in [6, 6.07) is 20.2. The molecule has 1 saturated heterocycles. The summed E-state index contributed by atoms with van der Waals surface area (Å²) in [4.78, 5) is 28.1. The number of carbonyl (C=O) groups excluding carboxylic acids is 2. The molecule has 1 unspecified atom stereocenters. The van der Waals surface area contributed by atoms with Gasteiger partial charge >= 0.3 is 5.91 Å².